The van der Waals surface area contributed by atoms with E-state index >= 15 is 0 Å². The van der Waals surface area contributed by atoms with Gasteiger partial charge in [0.2, 0.25) is 5.91 Å². The first-order valence-electron chi connectivity index (χ1n) is 9.15. The van der Waals surface area contributed by atoms with Gasteiger partial charge in [-0.15, -0.1) is 0 Å². The molecule has 7 heteroatoms. The number of benzene rings is 2. The van der Waals surface area contributed by atoms with Crippen LogP contribution in [0.1, 0.15) is 24.2 Å². The molecule has 0 aliphatic heterocycles. The molecule has 0 spiro atoms. The second kappa shape index (κ2) is 10.9. The zero-order chi connectivity index (χ0) is 20.4. The molecule has 2 aromatic rings. The molecule has 0 bridgehead atoms. The number of carbonyl (C=O) groups is 2. The minimum absolute atomic E-state index is 0.0673. The Hall–Kier alpha value is -3.06. The maximum Gasteiger partial charge on any atom is 0.251 e. The van der Waals surface area contributed by atoms with Gasteiger partial charge in [-0.05, 0) is 50.2 Å². The van der Waals surface area contributed by atoms with E-state index in [4.69, 9.17) is 9.47 Å². The van der Waals surface area contributed by atoms with Crippen LogP contribution in [-0.2, 0) is 9.53 Å². The Morgan fingerprint density at radius 3 is 2.46 bits per heavy atom. The fraction of sp³-hybridized carbons (Fsp3) is 0.333. The number of anilines is 2. The van der Waals surface area contributed by atoms with Crippen molar-refractivity contribution < 1.29 is 19.1 Å². The fourth-order valence-corrected chi connectivity index (χ4v) is 2.41. The van der Waals surface area contributed by atoms with E-state index in [1.54, 1.807) is 37.4 Å². The Morgan fingerprint density at radius 2 is 1.79 bits per heavy atom. The Kier molecular flexibility index (Phi) is 8.30. The monoisotopic (exact) mass is 385 g/mol. The number of amides is 2. The number of methoxy groups -OCH3 is 1. The summed E-state index contributed by atoms with van der Waals surface area (Å²) in [7, 11) is 1.58. The SMILES string of the molecule is COCCNC(=O)c1ccc(NCC(=O)Nc2cccc(OC(C)C)c2)cc1. The summed E-state index contributed by atoms with van der Waals surface area (Å²) in [6.45, 7) is 4.92. The van der Waals surface area contributed by atoms with E-state index < -0.39 is 0 Å². The molecule has 0 atom stereocenters. The molecule has 0 saturated heterocycles. The topological polar surface area (TPSA) is 88.7 Å². The molecule has 0 saturated carbocycles. The minimum atomic E-state index is -0.178. The largest absolute Gasteiger partial charge is 0.491 e. The van der Waals surface area contributed by atoms with Crippen LogP contribution < -0.4 is 20.7 Å². The summed E-state index contributed by atoms with van der Waals surface area (Å²) in [6, 6.07) is 14.2. The highest BCUT2D eigenvalue weighted by Gasteiger charge is 2.07. The van der Waals surface area contributed by atoms with E-state index in [1.165, 1.54) is 0 Å². The van der Waals surface area contributed by atoms with Crippen LogP contribution in [0.4, 0.5) is 11.4 Å². The third-order valence-electron chi connectivity index (χ3n) is 3.68. The first-order chi connectivity index (χ1) is 13.5. The molecule has 0 aromatic heterocycles. The highest BCUT2D eigenvalue weighted by Crippen LogP contribution is 2.18. The number of nitrogens with one attached hydrogen (secondary N) is 3. The number of hydrogen-bond acceptors (Lipinski definition) is 5. The lowest BCUT2D eigenvalue weighted by molar-refractivity contribution is -0.114. The van der Waals surface area contributed by atoms with Crippen molar-refractivity contribution in [2.45, 2.75) is 20.0 Å². The summed E-state index contributed by atoms with van der Waals surface area (Å²) >= 11 is 0. The summed E-state index contributed by atoms with van der Waals surface area (Å²) in [4.78, 5) is 24.1. The second-order valence-electron chi connectivity index (χ2n) is 6.42. The van der Waals surface area contributed by atoms with Gasteiger partial charge in [0.05, 0.1) is 19.3 Å². The predicted octanol–water partition coefficient (Wildman–Crippen LogP) is 2.90. The van der Waals surface area contributed by atoms with Crippen LogP contribution in [0.3, 0.4) is 0 Å². The van der Waals surface area contributed by atoms with E-state index in [9.17, 15) is 9.59 Å². The molecule has 0 aliphatic carbocycles. The van der Waals surface area contributed by atoms with Crippen LogP contribution in [0.25, 0.3) is 0 Å². The molecule has 2 aromatic carbocycles. The third kappa shape index (κ3) is 7.28. The minimum Gasteiger partial charge on any atom is -0.491 e. The summed E-state index contributed by atoms with van der Waals surface area (Å²) in [5.74, 6) is 0.369. The maximum absolute atomic E-state index is 12.2. The van der Waals surface area contributed by atoms with Crippen molar-refractivity contribution >= 4 is 23.2 Å². The smallest absolute Gasteiger partial charge is 0.251 e. The van der Waals surface area contributed by atoms with Crippen LogP contribution in [-0.4, -0.2) is 44.7 Å². The molecular weight excluding hydrogens is 358 g/mol. The van der Waals surface area contributed by atoms with Crippen LogP contribution >= 0.6 is 0 Å². The Morgan fingerprint density at radius 1 is 1.04 bits per heavy atom. The van der Waals surface area contributed by atoms with Gasteiger partial charge < -0.3 is 25.4 Å². The Bertz CT molecular complexity index is 775. The zero-order valence-electron chi connectivity index (χ0n) is 16.5. The van der Waals surface area contributed by atoms with E-state index in [2.05, 4.69) is 16.0 Å². The van der Waals surface area contributed by atoms with Crippen molar-refractivity contribution in [3.63, 3.8) is 0 Å². The summed E-state index contributed by atoms with van der Waals surface area (Å²) in [6.07, 6.45) is 0.0673. The van der Waals surface area contributed by atoms with E-state index in [-0.39, 0.29) is 24.5 Å². The van der Waals surface area contributed by atoms with Gasteiger partial charge >= 0.3 is 0 Å². The summed E-state index contributed by atoms with van der Waals surface area (Å²) in [5, 5.41) is 8.62. The number of ether oxygens (including phenoxy) is 2. The molecule has 3 N–H and O–H groups in total. The van der Waals surface area contributed by atoms with Gasteiger partial charge in [-0.2, -0.15) is 0 Å². The molecule has 0 unspecified atom stereocenters. The van der Waals surface area contributed by atoms with Crippen LogP contribution in [0.15, 0.2) is 48.5 Å². The van der Waals surface area contributed by atoms with Gasteiger partial charge in [0.25, 0.3) is 5.91 Å². The zero-order valence-corrected chi connectivity index (χ0v) is 16.5. The van der Waals surface area contributed by atoms with Gasteiger partial charge in [-0.25, -0.2) is 0 Å². The molecule has 2 rings (SSSR count). The molecule has 150 valence electrons. The predicted molar refractivity (Wildman–Crippen MR) is 110 cm³/mol. The first-order valence-corrected chi connectivity index (χ1v) is 9.15. The lowest BCUT2D eigenvalue weighted by atomic mass is 10.2. The van der Waals surface area contributed by atoms with Crippen LogP contribution in [0.2, 0.25) is 0 Å². The fourth-order valence-electron chi connectivity index (χ4n) is 2.41. The highest BCUT2D eigenvalue weighted by molar-refractivity contribution is 5.95. The maximum atomic E-state index is 12.2. The molecule has 0 radical (unpaired) electrons. The molecule has 2 amide bonds. The van der Waals surface area contributed by atoms with Crippen molar-refractivity contribution in [3.8, 4) is 5.75 Å². The standard InChI is InChI=1S/C21H27N3O4/c1-15(2)28-19-6-4-5-18(13-19)24-20(25)14-23-17-9-7-16(8-10-17)21(26)22-11-12-27-3/h4-10,13,15,23H,11-12,14H2,1-3H3,(H,22,26)(H,24,25). The van der Waals surface area contributed by atoms with Crippen molar-refractivity contribution in [1.82, 2.24) is 5.32 Å². The van der Waals surface area contributed by atoms with Crippen LogP contribution in [0, 0.1) is 0 Å². The Balaban J connectivity index is 1.82. The molecule has 28 heavy (non-hydrogen) atoms. The van der Waals surface area contributed by atoms with Gasteiger partial charge in [0.15, 0.2) is 0 Å². The number of carbonyl (C=O) groups excluding carboxylic acids is 2. The van der Waals surface area contributed by atoms with Crippen LogP contribution in [0.5, 0.6) is 5.75 Å². The van der Waals surface area contributed by atoms with Crippen molar-refractivity contribution in [2.24, 2.45) is 0 Å². The normalized spacial score (nSPS) is 10.4. The van der Waals surface area contributed by atoms with E-state index in [1.807, 2.05) is 32.0 Å². The van der Waals surface area contributed by atoms with E-state index in [0.717, 1.165) is 5.69 Å². The molecule has 0 fully saturated rings. The quantitative estimate of drug-likeness (QED) is 0.547. The average molecular weight is 385 g/mol. The third-order valence-corrected chi connectivity index (χ3v) is 3.68. The highest BCUT2D eigenvalue weighted by atomic mass is 16.5. The number of rotatable bonds is 10. The van der Waals surface area contributed by atoms with Gasteiger partial charge in [0, 0.05) is 36.7 Å². The first kappa shape index (κ1) is 21.2. The Labute approximate surface area is 165 Å². The lowest BCUT2D eigenvalue weighted by Gasteiger charge is -2.12. The van der Waals surface area contributed by atoms with Crippen molar-refractivity contribution in [1.29, 1.82) is 0 Å². The summed E-state index contributed by atoms with van der Waals surface area (Å²) in [5.41, 5.74) is 1.97. The van der Waals surface area contributed by atoms with Gasteiger partial charge in [-0.3, -0.25) is 9.59 Å². The average Bonchev–Trinajstić information content (AvgIpc) is 2.66. The lowest BCUT2D eigenvalue weighted by Crippen LogP contribution is -2.26. The second-order valence-corrected chi connectivity index (χ2v) is 6.42. The van der Waals surface area contributed by atoms with Crippen molar-refractivity contribution in [3.05, 3.63) is 54.1 Å². The summed E-state index contributed by atoms with van der Waals surface area (Å²) < 4.78 is 10.5. The van der Waals surface area contributed by atoms with Gasteiger partial charge in [-0.1, -0.05) is 6.07 Å². The molecular formula is C21H27N3O4. The van der Waals surface area contributed by atoms with E-state index in [0.29, 0.717) is 30.2 Å². The molecule has 0 heterocycles. The molecule has 0 aliphatic rings. The van der Waals surface area contributed by atoms with Gasteiger partial charge in [0.1, 0.15) is 5.75 Å². The number of hydrogen-bond donors (Lipinski definition) is 3. The molecule has 7 nitrogen and oxygen atoms in total. The van der Waals surface area contributed by atoms with Crippen molar-refractivity contribution in [2.75, 3.05) is 37.4 Å².